The van der Waals surface area contributed by atoms with Crippen LogP contribution in [-0.2, 0) is 18.2 Å². The maximum atomic E-state index is 10.7. The highest BCUT2D eigenvalue weighted by Crippen LogP contribution is 2.35. The van der Waals surface area contributed by atoms with Crippen LogP contribution in [0.3, 0.4) is 0 Å². The number of aryl methyl sites for hydroxylation is 2. The van der Waals surface area contributed by atoms with E-state index in [1.54, 1.807) is 0 Å². The molecule has 0 fully saturated rings. The molecule has 0 unspecified atom stereocenters. The lowest BCUT2D eigenvalue weighted by Gasteiger charge is -2.04. The molecule has 0 bridgehead atoms. The van der Waals surface area contributed by atoms with Crippen LogP contribution in [0.4, 0.5) is 0 Å². The largest absolute Gasteiger partial charge is 1.00 e. The first-order chi connectivity index (χ1) is 10.5. The average molecular weight is 411 g/mol. The van der Waals surface area contributed by atoms with Crippen LogP contribution in [0, 0.1) is 0 Å². The van der Waals surface area contributed by atoms with E-state index in [0.29, 0.717) is 6.42 Å². The molecule has 5 nitrogen and oxygen atoms in total. The van der Waals surface area contributed by atoms with Crippen molar-refractivity contribution in [3.8, 4) is 0 Å². The van der Waals surface area contributed by atoms with Crippen LogP contribution in [-0.4, -0.2) is 20.5 Å². The lowest BCUT2D eigenvalue weighted by Crippen LogP contribution is -3.00. The Labute approximate surface area is 151 Å². The zero-order valence-electron chi connectivity index (χ0n) is 14.2. The number of hydrogen-bond donors (Lipinski definition) is 2. The summed E-state index contributed by atoms with van der Waals surface area (Å²) < 4.78 is 15.0. The highest BCUT2D eigenvalue weighted by Gasteiger charge is 2.10. The van der Waals surface area contributed by atoms with Gasteiger partial charge in [-0.05, 0) is 19.3 Å². The molecular formula is C16H32BrN2O3P. The Kier molecular flexibility index (Phi) is 13.1. The third-order valence-electron chi connectivity index (χ3n) is 3.94. The van der Waals surface area contributed by atoms with Crippen molar-refractivity contribution in [2.24, 2.45) is 7.05 Å². The molecule has 136 valence electrons. The molecule has 2 N–H and O–H groups in total. The van der Waals surface area contributed by atoms with Gasteiger partial charge in [0.15, 0.2) is 0 Å². The summed E-state index contributed by atoms with van der Waals surface area (Å²) in [6, 6.07) is 0. The van der Waals surface area contributed by atoms with Crippen molar-refractivity contribution < 1.29 is 35.9 Å². The van der Waals surface area contributed by atoms with E-state index < -0.39 is 7.60 Å². The zero-order valence-corrected chi connectivity index (χ0v) is 16.7. The number of imidazole rings is 1. The molecule has 0 radical (unpaired) electrons. The van der Waals surface area contributed by atoms with Crippen molar-refractivity contribution in [2.45, 2.75) is 70.8 Å². The monoisotopic (exact) mass is 410 g/mol. The van der Waals surface area contributed by atoms with Gasteiger partial charge in [-0.2, -0.15) is 0 Å². The van der Waals surface area contributed by atoms with E-state index in [-0.39, 0.29) is 23.1 Å². The van der Waals surface area contributed by atoms with Gasteiger partial charge in [0, 0.05) is 6.16 Å². The number of rotatable bonds is 13. The van der Waals surface area contributed by atoms with Crippen LogP contribution in [0.5, 0.6) is 0 Å². The topological polar surface area (TPSA) is 66.3 Å². The van der Waals surface area contributed by atoms with Crippen LogP contribution in [0.15, 0.2) is 18.7 Å². The van der Waals surface area contributed by atoms with Gasteiger partial charge >= 0.3 is 7.60 Å². The summed E-state index contributed by atoms with van der Waals surface area (Å²) in [5, 5.41) is 0. The van der Waals surface area contributed by atoms with Crippen LogP contribution < -0.4 is 21.5 Å². The highest BCUT2D eigenvalue weighted by atomic mass is 79.9. The Morgan fingerprint density at radius 1 is 0.913 bits per heavy atom. The lowest BCUT2D eigenvalue weighted by atomic mass is 10.1. The maximum Gasteiger partial charge on any atom is 0.325 e. The summed E-state index contributed by atoms with van der Waals surface area (Å²) in [5.74, 6) is 0. The third-order valence-corrected chi connectivity index (χ3v) is 4.84. The second-order valence-corrected chi connectivity index (χ2v) is 8.02. The fraction of sp³-hybridized carbons (Fsp3) is 0.812. The molecule has 1 aromatic heterocycles. The minimum atomic E-state index is -3.77. The van der Waals surface area contributed by atoms with Crippen molar-refractivity contribution in [3.63, 3.8) is 0 Å². The Hall–Kier alpha value is -0.160. The molecule has 0 aromatic carbocycles. The van der Waals surface area contributed by atoms with E-state index in [0.717, 1.165) is 19.4 Å². The van der Waals surface area contributed by atoms with Crippen molar-refractivity contribution >= 4 is 7.60 Å². The molecule has 0 amide bonds. The van der Waals surface area contributed by atoms with Gasteiger partial charge in [0.25, 0.3) is 0 Å². The molecule has 1 aromatic rings. The maximum absolute atomic E-state index is 10.7. The molecule has 1 rings (SSSR count). The Morgan fingerprint density at radius 2 is 1.39 bits per heavy atom. The van der Waals surface area contributed by atoms with E-state index in [1.165, 1.54) is 44.9 Å². The molecule has 0 aliphatic heterocycles. The fourth-order valence-electron chi connectivity index (χ4n) is 2.66. The molecule has 0 spiro atoms. The second-order valence-electron chi connectivity index (χ2n) is 6.24. The number of hydrogen-bond acceptors (Lipinski definition) is 1. The summed E-state index contributed by atoms with van der Waals surface area (Å²) in [6.07, 6.45) is 18.0. The van der Waals surface area contributed by atoms with Gasteiger partial charge in [0.2, 0.25) is 6.33 Å². The van der Waals surface area contributed by atoms with Gasteiger partial charge in [-0.1, -0.05) is 44.9 Å². The molecule has 0 aliphatic rings. The van der Waals surface area contributed by atoms with Crippen molar-refractivity contribution in [1.82, 2.24) is 4.57 Å². The normalized spacial score (nSPS) is 11.4. The van der Waals surface area contributed by atoms with E-state index in [4.69, 9.17) is 9.79 Å². The molecule has 0 saturated carbocycles. The van der Waals surface area contributed by atoms with Gasteiger partial charge in [0.1, 0.15) is 12.4 Å². The first-order valence-corrected chi connectivity index (χ1v) is 10.3. The molecule has 0 saturated heterocycles. The standard InChI is InChI=1S/C16H31N2O3P.BrH/c1-17-13-14-18(16-17)12-10-8-6-4-2-3-5-7-9-11-15-22(19,20)21;/h13-14,16H,2-12,15H2,1H3,(H-,19,20,21);1H. The number of aromatic nitrogens is 2. The van der Waals surface area contributed by atoms with Crippen molar-refractivity contribution in [1.29, 1.82) is 0 Å². The van der Waals surface area contributed by atoms with Gasteiger partial charge in [-0.25, -0.2) is 9.13 Å². The van der Waals surface area contributed by atoms with Gasteiger partial charge in [-0.3, -0.25) is 4.57 Å². The highest BCUT2D eigenvalue weighted by molar-refractivity contribution is 7.51. The molecular weight excluding hydrogens is 379 g/mol. The predicted octanol–water partition coefficient (Wildman–Crippen LogP) is 0.395. The Balaban J connectivity index is 0.00000484. The molecule has 1 heterocycles. The minimum absolute atomic E-state index is 0. The zero-order chi connectivity index (χ0) is 16.3. The first kappa shape index (κ1) is 22.8. The van der Waals surface area contributed by atoms with Crippen LogP contribution >= 0.6 is 7.60 Å². The van der Waals surface area contributed by atoms with E-state index in [1.807, 2.05) is 7.05 Å². The Bertz CT molecular complexity index is 448. The van der Waals surface area contributed by atoms with Crippen LogP contribution in [0.25, 0.3) is 0 Å². The molecule has 0 atom stereocenters. The molecule has 0 aliphatic carbocycles. The van der Waals surface area contributed by atoms with Gasteiger partial charge < -0.3 is 26.8 Å². The summed E-state index contributed by atoms with van der Waals surface area (Å²) in [4.78, 5) is 17.5. The lowest BCUT2D eigenvalue weighted by molar-refractivity contribution is -0.671. The summed E-state index contributed by atoms with van der Waals surface area (Å²) >= 11 is 0. The number of halogens is 1. The average Bonchev–Trinajstić information content (AvgIpc) is 2.84. The second kappa shape index (κ2) is 13.2. The summed E-state index contributed by atoms with van der Waals surface area (Å²) in [6.45, 7) is 1.11. The van der Waals surface area contributed by atoms with E-state index in [2.05, 4.69) is 27.9 Å². The summed E-state index contributed by atoms with van der Waals surface area (Å²) in [5.41, 5.74) is 0. The van der Waals surface area contributed by atoms with Crippen molar-refractivity contribution in [3.05, 3.63) is 18.7 Å². The van der Waals surface area contributed by atoms with Crippen molar-refractivity contribution in [2.75, 3.05) is 6.16 Å². The van der Waals surface area contributed by atoms with Gasteiger partial charge in [-0.15, -0.1) is 0 Å². The first-order valence-electron chi connectivity index (χ1n) is 8.53. The fourth-order valence-corrected chi connectivity index (χ4v) is 3.30. The van der Waals surface area contributed by atoms with E-state index in [9.17, 15) is 4.57 Å². The predicted molar refractivity (Wildman–Crippen MR) is 88.7 cm³/mol. The smallest absolute Gasteiger partial charge is 0.325 e. The minimum Gasteiger partial charge on any atom is -1.00 e. The van der Waals surface area contributed by atoms with Crippen LogP contribution in [0.1, 0.15) is 64.2 Å². The Morgan fingerprint density at radius 3 is 1.83 bits per heavy atom. The SMILES string of the molecule is C[n+]1ccn(CCCCCCCCCCCCP(=O)(O)O)c1.[Br-]. The quantitative estimate of drug-likeness (QED) is 0.281. The molecule has 7 heteroatoms. The number of unbranched alkanes of at least 4 members (excludes halogenated alkanes) is 9. The summed E-state index contributed by atoms with van der Waals surface area (Å²) in [7, 11) is -1.72. The molecule has 23 heavy (non-hydrogen) atoms. The third kappa shape index (κ3) is 13.9. The van der Waals surface area contributed by atoms with Crippen LogP contribution in [0.2, 0.25) is 0 Å². The van der Waals surface area contributed by atoms with Gasteiger partial charge in [0.05, 0.1) is 13.6 Å². The number of nitrogens with zero attached hydrogens (tertiary/aromatic N) is 2. The van der Waals surface area contributed by atoms with E-state index >= 15 is 0 Å².